The Labute approximate surface area is 120 Å². The van der Waals surface area contributed by atoms with Gasteiger partial charge in [-0.15, -0.1) is 4.63 Å². The van der Waals surface area contributed by atoms with Gasteiger partial charge in [0.05, 0.1) is 5.02 Å². The van der Waals surface area contributed by atoms with Crippen LogP contribution in [0.2, 0.25) is 5.02 Å². The van der Waals surface area contributed by atoms with Gasteiger partial charge < -0.3 is 15.0 Å². The third kappa shape index (κ3) is 2.25. The molecule has 0 N–H and O–H groups in total. The van der Waals surface area contributed by atoms with Crippen LogP contribution in [0.4, 0.5) is 15.9 Å². The number of aromatic nitrogens is 2. The van der Waals surface area contributed by atoms with E-state index in [9.17, 15) is 14.5 Å². The van der Waals surface area contributed by atoms with Crippen molar-refractivity contribution < 1.29 is 18.8 Å². The Morgan fingerprint density at radius 2 is 2.24 bits per heavy atom. The average Bonchev–Trinajstić information content (AvgIpc) is 3.08. The molecule has 0 fully saturated rings. The van der Waals surface area contributed by atoms with E-state index in [-0.39, 0.29) is 23.3 Å². The maximum Gasteiger partial charge on any atom is 0.446 e. The van der Waals surface area contributed by atoms with Crippen molar-refractivity contribution in [3.8, 4) is 0 Å². The lowest BCUT2D eigenvalue weighted by Gasteiger charge is -2.16. The lowest BCUT2D eigenvalue weighted by atomic mass is 10.2. The zero-order valence-corrected chi connectivity index (χ0v) is 10.8. The number of nitrogens with zero attached hydrogens (tertiary/aromatic N) is 5. The van der Waals surface area contributed by atoms with Gasteiger partial charge in [-0.3, -0.25) is 4.90 Å². The molecule has 9 nitrogen and oxygen atoms in total. The van der Waals surface area contributed by atoms with E-state index in [4.69, 9.17) is 16.4 Å². The molecule has 0 saturated carbocycles. The predicted molar refractivity (Wildman–Crippen MR) is 67.3 cm³/mol. The van der Waals surface area contributed by atoms with Crippen LogP contribution in [0.5, 0.6) is 0 Å². The molecular weight excluding hydrogens is 309 g/mol. The molecular formula is C10H5ClFN5O4. The van der Waals surface area contributed by atoms with Crippen molar-refractivity contribution in [1.82, 2.24) is 10.3 Å². The molecule has 2 aromatic rings. The van der Waals surface area contributed by atoms with Gasteiger partial charge in [0, 0.05) is 5.69 Å². The third-order valence-electron chi connectivity index (χ3n) is 2.66. The van der Waals surface area contributed by atoms with E-state index in [1.165, 1.54) is 17.0 Å². The number of rotatable bonds is 3. The number of anilines is 1. The standard InChI is InChI=1S/C10H5ClFN5O4/c11-6-3-5(1-2-7(6)12)16-4-20-14-9(16)8-10(17(18)19)15-21-13-8/h1-3H,4H2. The molecule has 0 bridgehead atoms. The molecule has 1 aromatic carbocycles. The van der Waals surface area contributed by atoms with Gasteiger partial charge in [-0.2, -0.15) is 0 Å². The zero-order valence-electron chi connectivity index (χ0n) is 10.1. The van der Waals surface area contributed by atoms with Crippen LogP contribution in [0.25, 0.3) is 0 Å². The van der Waals surface area contributed by atoms with E-state index in [0.717, 1.165) is 6.07 Å². The average molecular weight is 314 g/mol. The molecule has 0 spiro atoms. The summed E-state index contributed by atoms with van der Waals surface area (Å²) >= 11 is 5.71. The van der Waals surface area contributed by atoms with Gasteiger partial charge >= 0.3 is 5.82 Å². The topological polar surface area (TPSA) is 107 Å². The highest BCUT2D eigenvalue weighted by molar-refractivity contribution is 6.31. The maximum absolute atomic E-state index is 13.2. The van der Waals surface area contributed by atoms with E-state index in [1.807, 2.05) is 0 Å². The Kier molecular flexibility index (Phi) is 3.14. The SMILES string of the molecule is O=[N+]([O-])c1nonc1C1=NOCN1c1ccc(F)c(Cl)c1. The van der Waals surface area contributed by atoms with Crippen LogP contribution < -0.4 is 4.90 Å². The summed E-state index contributed by atoms with van der Waals surface area (Å²) in [6, 6.07) is 3.91. The minimum atomic E-state index is -0.761. The molecule has 11 heteroatoms. The van der Waals surface area contributed by atoms with Crippen molar-refractivity contribution in [3.63, 3.8) is 0 Å². The van der Waals surface area contributed by atoms with Gasteiger partial charge in [0.2, 0.25) is 5.84 Å². The number of hydrogen-bond donors (Lipinski definition) is 0. The van der Waals surface area contributed by atoms with Crippen molar-refractivity contribution in [3.05, 3.63) is 44.8 Å². The molecule has 21 heavy (non-hydrogen) atoms. The fourth-order valence-electron chi connectivity index (χ4n) is 1.72. The quantitative estimate of drug-likeness (QED) is 0.629. The fraction of sp³-hybridized carbons (Fsp3) is 0.100. The highest BCUT2D eigenvalue weighted by atomic mass is 35.5. The van der Waals surface area contributed by atoms with Crippen LogP contribution in [0.15, 0.2) is 28.0 Å². The summed E-state index contributed by atoms with van der Waals surface area (Å²) < 4.78 is 17.5. The van der Waals surface area contributed by atoms with Gasteiger partial charge in [0.1, 0.15) is 5.82 Å². The van der Waals surface area contributed by atoms with Gasteiger partial charge in [0.25, 0.3) is 5.69 Å². The molecule has 1 aromatic heterocycles. The van der Waals surface area contributed by atoms with E-state index in [2.05, 4.69) is 20.1 Å². The van der Waals surface area contributed by atoms with E-state index in [1.54, 1.807) is 0 Å². The summed E-state index contributed by atoms with van der Waals surface area (Å²) in [4.78, 5) is 16.4. The number of hydrogen-bond acceptors (Lipinski definition) is 8. The second kappa shape index (κ2) is 4.98. The highest BCUT2D eigenvalue weighted by Gasteiger charge is 2.34. The number of benzene rings is 1. The third-order valence-corrected chi connectivity index (χ3v) is 2.95. The molecule has 0 radical (unpaired) electrons. The number of nitro groups is 1. The van der Waals surface area contributed by atoms with Crippen molar-refractivity contribution in [2.75, 3.05) is 11.6 Å². The maximum atomic E-state index is 13.2. The van der Waals surface area contributed by atoms with E-state index < -0.39 is 16.6 Å². The second-order valence-electron chi connectivity index (χ2n) is 3.89. The molecule has 0 saturated heterocycles. The van der Waals surface area contributed by atoms with Crippen LogP contribution in [-0.2, 0) is 4.84 Å². The molecule has 108 valence electrons. The Morgan fingerprint density at radius 1 is 1.43 bits per heavy atom. The van der Waals surface area contributed by atoms with Crippen molar-refractivity contribution >= 4 is 28.9 Å². The van der Waals surface area contributed by atoms with Crippen molar-refractivity contribution in [1.29, 1.82) is 0 Å². The molecule has 0 amide bonds. The monoisotopic (exact) mass is 313 g/mol. The van der Waals surface area contributed by atoms with Gasteiger partial charge in [-0.1, -0.05) is 16.8 Å². The number of halogens is 2. The molecule has 2 heterocycles. The number of oxime groups is 1. The minimum Gasteiger partial charge on any atom is -0.371 e. The molecule has 0 aliphatic carbocycles. The molecule has 1 aliphatic rings. The zero-order chi connectivity index (χ0) is 15.0. The normalized spacial score (nSPS) is 14.0. The summed E-state index contributed by atoms with van der Waals surface area (Å²) in [7, 11) is 0. The summed E-state index contributed by atoms with van der Waals surface area (Å²) in [5, 5.41) is 21.0. The van der Waals surface area contributed by atoms with Crippen molar-refractivity contribution in [2.24, 2.45) is 5.16 Å². The van der Waals surface area contributed by atoms with Crippen LogP contribution in [0.3, 0.4) is 0 Å². The fourth-order valence-corrected chi connectivity index (χ4v) is 1.90. The molecule has 0 unspecified atom stereocenters. The first kappa shape index (κ1) is 13.2. The Hall–Kier alpha value is -2.75. The predicted octanol–water partition coefficient (Wildman–Crippen LogP) is 1.93. The van der Waals surface area contributed by atoms with Gasteiger partial charge in [-0.25, -0.2) is 4.39 Å². The number of amidine groups is 1. The van der Waals surface area contributed by atoms with E-state index in [0.29, 0.717) is 5.69 Å². The van der Waals surface area contributed by atoms with E-state index >= 15 is 0 Å². The largest absolute Gasteiger partial charge is 0.446 e. The first-order chi connectivity index (χ1) is 10.1. The van der Waals surface area contributed by atoms with Crippen molar-refractivity contribution in [2.45, 2.75) is 0 Å². The van der Waals surface area contributed by atoms with Gasteiger partial charge in [0.15, 0.2) is 11.9 Å². The summed E-state index contributed by atoms with van der Waals surface area (Å²) in [5.74, 6) is -1.17. The first-order valence-electron chi connectivity index (χ1n) is 5.48. The first-order valence-corrected chi connectivity index (χ1v) is 5.85. The Balaban J connectivity index is 2.01. The van der Waals surface area contributed by atoms with Crippen LogP contribution >= 0.6 is 11.6 Å². The lowest BCUT2D eigenvalue weighted by Crippen LogP contribution is -2.28. The van der Waals surface area contributed by atoms with Crippen LogP contribution in [0, 0.1) is 15.9 Å². The van der Waals surface area contributed by atoms with Crippen LogP contribution in [0.1, 0.15) is 5.69 Å². The molecule has 1 aliphatic heterocycles. The van der Waals surface area contributed by atoms with Crippen LogP contribution in [-0.4, -0.2) is 27.8 Å². The summed E-state index contributed by atoms with van der Waals surface area (Å²) in [5.41, 5.74) is 0.230. The summed E-state index contributed by atoms with van der Waals surface area (Å²) in [6.07, 6.45) is 0. The Bertz CT molecular complexity index is 749. The van der Waals surface area contributed by atoms with Gasteiger partial charge in [-0.05, 0) is 28.3 Å². The highest BCUT2D eigenvalue weighted by Crippen LogP contribution is 2.27. The summed E-state index contributed by atoms with van der Waals surface area (Å²) in [6.45, 7) is -0.0404. The smallest absolute Gasteiger partial charge is 0.371 e. The lowest BCUT2D eigenvalue weighted by molar-refractivity contribution is -0.391. The second-order valence-corrected chi connectivity index (χ2v) is 4.30. The molecule has 0 atom stereocenters. The molecule has 3 rings (SSSR count). The Morgan fingerprint density at radius 3 is 2.95 bits per heavy atom. The minimum absolute atomic E-state index is 0.0191.